The van der Waals surface area contributed by atoms with Crippen molar-refractivity contribution in [3.63, 3.8) is 0 Å². The number of hydrogen-bond acceptors (Lipinski definition) is 3. The first-order valence-electron chi connectivity index (χ1n) is 12.6. The fraction of sp³-hybridized carbons (Fsp3) is 0.731. The molecule has 0 bridgehead atoms. The van der Waals surface area contributed by atoms with E-state index in [-0.39, 0.29) is 5.91 Å². The Morgan fingerprint density at radius 2 is 1.87 bits per heavy atom. The first kappa shape index (κ1) is 23.7. The van der Waals surface area contributed by atoms with Crippen molar-refractivity contribution in [2.45, 2.75) is 109 Å². The van der Waals surface area contributed by atoms with Crippen LogP contribution in [0.1, 0.15) is 108 Å². The van der Waals surface area contributed by atoms with Gasteiger partial charge in [0.2, 0.25) is 5.91 Å². The summed E-state index contributed by atoms with van der Waals surface area (Å²) >= 11 is 0. The molecule has 1 aromatic heterocycles. The van der Waals surface area contributed by atoms with E-state index in [0.29, 0.717) is 30.7 Å². The number of imidazole rings is 1. The van der Waals surface area contributed by atoms with Crippen LogP contribution in [-0.4, -0.2) is 39.7 Å². The number of aliphatic imine (C=N–C) groups is 1. The van der Waals surface area contributed by atoms with E-state index in [9.17, 15) is 4.79 Å². The van der Waals surface area contributed by atoms with Gasteiger partial charge < -0.3 is 9.47 Å². The summed E-state index contributed by atoms with van der Waals surface area (Å²) in [5, 5.41) is 0. The van der Waals surface area contributed by atoms with Crippen molar-refractivity contribution in [2.24, 2.45) is 10.9 Å². The summed E-state index contributed by atoms with van der Waals surface area (Å²) in [7, 11) is 0. The average molecular weight is 427 g/mol. The molecule has 2 saturated carbocycles. The van der Waals surface area contributed by atoms with Crippen LogP contribution in [0.15, 0.2) is 11.6 Å². The second-order valence-corrected chi connectivity index (χ2v) is 9.42. The summed E-state index contributed by atoms with van der Waals surface area (Å²) in [4.78, 5) is 24.3. The molecule has 31 heavy (non-hydrogen) atoms. The first-order valence-corrected chi connectivity index (χ1v) is 12.6. The van der Waals surface area contributed by atoms with Gasteiger partial charge in [-0.2, -0.15) is 0 Å². The van der Waals surface area contributed by atoms with Gasteiger partial charge in [0, 0.05) is 31.5 Å². The van der Waals surface area contributed by atoms with Gasteiger partial charge in [-0.05, 0) is 64.2 Å². The minimum absolute atomic E-state index is 0.267. The number of rotatable bonds is 10. The van der Waals surface area contributed by atoms with Gasteiger partial charge in [0.25, 0.3) is 0 Å². The van der Waals surface area contributed by atoms with Crippen LogP contribution in [0.3, 0.4) is 0 Å². The normalized spacial score (nSPS) is 22.3. The maximum Gasteiger partial charge on any atom is 0.224 e. The monoisotopic (exact) mass is 426 g/mol. The lowest BCUT2D eigenvalue weighted by atomic mass is 9.79. The summed E-state index contributed by atoms with van der Waals surface area (Å²) in [6, 6.07) is 0.423. The smallest absolute Gasteiger partial charge is 0.224 e. The maximum atomic E-state index is 13.2. The molecule has 1 heterocycles. The van der Waals surface area contributed by atoms with E-state index in [1.54, 1.807) is 0 Å². The zero-order chi connectivity index (χ0) is 22.2. The molecule has 0 saturated heterocycles. The fourth-order valence-corrected chi connectivity index (χ4v) is 5.83. The Labute approximate surface area is 189 Å². The molecule has 0 spiro atoms. The van der Waals surface area contributed by atoms with Crippen LogP contribution in [0, 0.1) is 5.92 Å². The van der Waals surface area contributed by atoms with Crippen molar-refractivity contribution in [1.29, 1.82) is 0 Å². The van der Waals surface area contributed by atoms with Crippen LogP contribution < -0.4 is 0 Å². The van der Waals surface area contributed by atoms with E-state index in [2.05, 4.69) is 41.6 Å². The lowest BCUT2D eigenvalue weighted by Gasteiger charge is -2.34. The Balaban J connectivity index is 1.73. The number of amides is 1. The number of hydrogen-bond donors (Lipinski definition) is 0. The third-order valence-corrected chi connectivity index (χ3v) is 7.49. The van der Waals surface area contributed by atoms with E-state index in [4.69, 9.17) is 4.98 Å². The molecule has 0 aliphatic heterocycles. The second kappa shape index (κ2) is 11.6. The standard InChI is InChI=1S/C26H42N4O/c1-5-11-20-14-16-21(17-15-20)26-28-25(27-4)23(6-2)30(26)19-18-24(31)29(7-3)22-12-9-8-10-13-22/h6,20-22H,2,4-5,7-19H2,1,3H3. The highest BCUT2D eigenvalue weighted by atomic mass is 16.2. The lowest BCUT2D eigenvalue weighted by molar-refractivity contribution is -0.134. The van der Waals surface area contributed by atoms with Gasteiger partial charge in [0.15, 0.2) is 5.82 Å². The van der Waals surface area contributed by atoms with E-state index >= 15 is 0 Å². The Hall–Kier alpha value is -1.91. The van der Waals surface area contributed by atoms with Crippen LogP contribution in [0.2, 0.25) is 0 Å². The van der Waals surface area contributed by atoms with Gasteiger partial charge in [-0.25, -0.2) is 9.98 Å². The molecule has 0 unspecified atom stereocenters. The largest absolute Gasteiger partial charge is 0.340 e. The highest BCUT2D eigenvalue weighted by molar-refractivity contribution is 5.76. The van der Waals surface area contributed by atoms with Gasteiger partial charge in [0.1, 0.15) is 5.82 Å². The molecule has 0 radical (unpaired) electrons. The van der Waals surface area contributed by atoms with Crippen molar-refractivity contribution < 1.29 is 4.79 Å². The van der Waals surface area contributed by atoms with E-state index in [0.717, 1.165) is 36.8 Å². The minimum atomic E-state index is 0.267. The first-order chi connectivity index (χ1) is 15.1. The SMILES string of the molecule is C=Cc1c(N=C)nc(C2CCC(CCC)CC2)n1CCC(=O)N(CC)C1CCCCC1. The van der Waals surface area contributed by atoms with Gasteiger partial charge in [0.05, 0.1) is 5.69 Å². The number of carbonyl (C=O) groups excluding carboxylic acids is 1. The number of nitrogens with zero attached hydrogens (tertiary/aromatic N) is 4. The zero-order valence-electron chi connectivity index (χ0n) is 19.8. The van der Waals surface area contributed by atoms with Crippen molar-refractivity contribution in [1.82, 2.24) is 14.5 Å². The topological polar surface area (TPSA) is 50.5 Å². The molecule has 2 aliphatic rings. The van der Waals surface area contributed by atoms with Crippen molar-refractivity contribution in [3.8, 4) is 0 Å². The maximum absolute atomic E-state index is 13.2. The molecule has 2 aliphatic carbocycles. The van der Waals surface area contributed by atoms with Gasteiger partial charge in [-0.15, -0.1) is 0 Å². The molecular formula is C26H42N4O. The average Bonchev–Trinajstić information content (AvgIpc) is 3.17. The van der Waals surface area contributed by atoms with Crippen molar-refractivity contribution in [2.75, 3.05) is 6.54 Å². The van der Waals surface area contributed by atoms with Crippen LogP contribution >= 0.6 is 0 Å². The highest BCUT2D eigenvalue weighted by Crippen LogP contribution is 2.39. The van der Waals surface area contributed by atoms with Crippen LogP contribution in [0.5, 0.6) is 0 Å². The molecule has 0 atom stereocenters. The quantitative estimate of drug-likeness (QED) is 0.401. The zero-order valence-corrected chi connectivity index (χ0v) is 19.8. The minimum Gasteiger partial charge on any atom is -0.340 e. The number of carbonyl (C=O) groups is 1. The molecule has 5 nitrogen and oxygen atoms in total. The molecule has 1 amide bonds. The molecule has 2 fully saturated rings. The summed E-state index contributed by atoms with van der Waals surface area (Å²) in [6.45, 7) is 13.6. The van der Waals surface area contributed by atoms with E-state index < -0.39 is 0 Å². The Morgan fingerprint density at radius 3 is 2.45 bits per heavy atom. The molecule has 5 heteroatoms. The molecule has 1 aromatic rings. The predicted molar refractivity (Wildman–Crippen MR) is 130 cm³/mol. The molecule has 3 rings (SSSR count). The van der Waals surface area contributed by atoms with Crippen molar-refractivity contribution >= 4 is 24.5 Å². The summed E-state index contributed by atoms with van der Waals surface area (Å²) in [5.74, 6) is 3.31. The summed E-state index contributed by atoms with van der Waals surface area (Å²) in [6.07, 6.45) is 15.9. The van der Waals surface area contributed by atoms with Crippen LogP contribution in [0.4, 0.5) is 5.82 Å². The highest BCUT2D eigenvalue weighted by Gasteiger charge is 2.29. The Bertz CT molecular complexity index is 739. The predicted octanol–water partition coefficient (Wildman–Crippen LogP) is 6.50. The van der Waals surface area contributed by atoms with Gasteiger partial charge in [-0.1, -0.05) is 45.6 Å². The fourth-order valence-electron chi connectivity index (χ4n) is 5.83. The van der Waals surface area contributed by atoms with Gasteiger partial charge in [-0.3, -0.25) is 4.79 Å². The second-order valence-electron chi connectivity index (χ2n) is 9.42. The van der Waals surface area contributed by atoms with E-state index in [1.807, 2.05) is 6.08 Å². The Morgan fingerprint density at radius 1 is 1.16 bits per heavy atom. The molecule has 172 valence electrons. The third-order valence-electron chi connectivity index (χ3n) is 7.49. The van der Waals surface area contributed by atoms with Crippen LogP contribution in [-0.2, 0) is 11.3 Å². The molecule has 0 N–H and O–H groups in total. The molecular weight excluding hydrogens is 384 g/mol. The van der Waals surface area contributed by atoms with Crippen LogP contribution in [0.25, 0.3) is 6.08 Å². The third kappa shape index (κ3) is 5.67. The van der Waals surface area contributed by atoms with E-state index in [1.165, 1.54) is 57.8 Å². The lowest BCUT2D eigenvalue weighted by Crippen LogP contribution is -2.41. The Kier molecular flexibility index (Phi) is 8.91. The molecule has 0 aromatic carbocycles. The summed E-state index contributed by atoms with van der Waals surface area (Å²) < 4.78 is 2.22. The number of aromatic nitrogens is 2. The van der Waals surface area contributed by atoms with Crippen molar-refractivity contribution in [3.05, 3.63) is 18.1 Å². The van der Waals surface area contributed by atoms with Gasteiger partial charge >= 0.3 is 0 Å². The summed E-state index contributed by atoms with van der Waals surface area (Å²) in [5.41, 5.74) is 0.911.